The zero-order valence-electron chi connectivity index (χ0n) is 14.1. The number of hydrogen-bond donors (Lipinski definition) is 2. The van der Waals surface area contributed by atoms with Gasteiger partial charge in [0.1, 0.15) is 0 Å². The highest BCUT2D eigenvalue weighted by Gasteiger charge is 2.36. The number of rotatable bonds is 5. The maximum absolute atomic E-state index is 12.3. The van der Waals surface area contributed by atoms with Crippen LogP contribution in [-0.4, -0.2) is 68.4 Å². The SMILES string of the molecule is CC(C)CN1CCOC(CNC(=O)C2(N)CCOCC2)C1.Cl.Cl. The van der Waals surface area contributed by atoms with E-state index >= 15 is 0 Å². The lowest BCUT2D eigenvalue weighted by molar-refractivity contribution is -0.131. The fourth-order valence-corrected chi connectivity index (χ4v) is 2.93. The van der Waals surface area contributed by atoms with Gasteiger partial charge < -0.3 is 20.5 Å². The minimum atomic E-state index is -0.773. The molecule has 1 unspecified atom stereocenters. The van der Waals surface area contributed by atoms with Gasteiger partial charge in [0, 0.05) is 39.4 Å². The summed E-state index contributed by atoms with van der Waals surface area (Å²) in [4.78, 5) is 14.7. The smallest absolute Gasteiger partial charge is 0.240 e. The molecule has 0 saturated carbocycles. The molecule has 0 aromatic heterocycles. The number of nitrogens with one attached hydrogen (secondary N) is 1. The fraction of sp³-hybridized carbons (Fsp3) is 0.933. The van der Waals surface area contributed by atoms with Gasteiger partial charge in [0.05, 0.1) is 18.2 Å². The van der Waals surface area contributed by atoms with Gasteiger partial charge in [-0.3, -0.25) is 9.69 Å². The number of amides is 1. The van der Waals surface area contributed by atoms with Crippen molar-refractivity contribution in [3.63, 3.8) is 0 Å². The number of carbonyl (C=O) groups excluding carboxylic acids is 1. The summed E-state index contributed by atoms with van der Waals surface area (Å²) >= 11 is 0. The highest BCUT2D eigenvalue weighted by atomic mass is 35.5. The predicted octanol–water partition coefficient (Wildman–Crippen LogP) is 0.811. The van der Waals surface area contributed by atoms with Crippen molar-refractivity contribution in [2.24, 2.45) is 11.7 Å². The van der Waals surface area contributed by atoms with Gasteiger partial charge in [0.2, 0.25) is 5.91 Å². The standard InChI is InChI=1S/C15H29N3O3.2ClH/c1-12(2)10-18-5-8-21-13(11-18)9-17-14(19)15(16)3-6-20-7-4-15;;/h12-13H,3-11,16H2,1-2H3,(H,17,19);2*1H. The van der Waals surface area contributed by atoms with Crippen LogP contribution in [0.15, 0.2) is 0 Å². The molecule has 0 bridgehead atoms. The summed E-state index contributed by atoms with van der Waals surface area (Å²) in [5, 5.41) is 2.97. The van der Waals surface area contributed by atoms with Crippen LogP contribution < -0.4 is 11.1 Å². The second-order valence-electron chi connectivity index (χ2n) is 6.62. The Hall–Kier alpha value is -0.110. The Morgan fingerprint density at radius 3 is 2.57 bits per heavy atom. The molecule has 2 fully saturated rings. The second-order valence-corrected chi connectivity index (χ2v) is 6.62. The Kier molecular flexibility index (Phi) is 10.6. The van der Waals surface area contributed by atoms with Crippen molar-refractivity contribution in [3.05, 3.63) is 0 Å². The van der Waals surface area contributed by atoms with E-state index in [0.29, 0.717) is 38.5 Å². The Morgan fingerprint density at radius 1 is 1.30 bits per heavy atom. The van der Waals surface area contributed by atoms with E-state index in [4.69, 9.17) is 15.2 Å². The minimum absolute atomic E-state index is 0. The number of nitrogens with zero attached hydrogens (tertiary/aromatic N) is 1. The van der Waals surface area contributed by atoms with Gasteiger partial charge in [-0.05, 0) is 18.8 Å². The van der Waals surface area contributed by atoms with Gasteiger partial charge in [-0.1, -0.05) is 13.8 Å². The molecule has 23 heavy (non-hydrogen) atoms. The Morgan fingerprint density at radius 2 is 1.96 bits per heavy atom. The number of ether oxygens (including phenoxy) is 2. The molecule has 0 spiro atoms. The molecule has 0 aromatic rings. The van der Waals surface area contributed by atoms with Gasteiger partial charge in [0.25, 0.3) is 0 Å². The summed E-state index contributed by atoms with van der Waals surface area (Å²) in [5.41, 5.74) is 5.39. The summed E-state index contributed by atoms with van der Waals surface area (Å²) in [7, 11) is 0. The summed E-state index contributed by atoms with van der Waals surface area (Å²) < 4.78 is 11.0. The van der Waals surface area contributed by atoms with E-state index in [1.807, 2.05) is 0 Å². The second kappa shape index (κ2) is 10.7. The van der Waals surface area contributed by atoms with Crippen LogP contribution in [0.2, 0.25) is 0 Å². The Bertz CT molecular complexity index is 353. The van der Waals surface area contributed by atoms with E-state index < -0.39 is 5.54 Å². The topological polar surface area (TPSA) is 76.8 Å². The molecule has 2 rings (SSSR count). The largest absolute Gasteiger partial charge is 0.381 e. The maximum atomic E-state index is 12.3. The van der Waals surface area contributed by atoms with Gasteiger partial charge in [-0.2, -0.15) is 0 Å². The van der Waals surface area contributed by atoms with Gasteiger partial charge in [0.15, 0.2) is 0 Å². The number of hydrogen-bond acceptors (Lipinski definition) is 5. The molecule has 3 N–H and O–H groups in total. The van der Waals surface area contributed by atoms with Crippen molar-refractivity contribution in [2.45, 2.75) is 38.3 Å². The highest BCUT2D eigenvalue weighted by molar-refractivity contribution is 5.86. The molecule has 2 aliphatic heterocycles. The lowest BCUT2D eigenvalue weighted by Crippen LogP contribution is -2.58. The van der Waals surface area contributed by atoms with Crippen LogP contribution in [0.3, 0.4) is 0 Å². The van der Waals surface area contributed by atoms with E-state index in [1.165, 1.54) is 0 Å². The van der Waals surface area contributed by atoms with Gasteiger partial charge in [-0.25, -0.2) is 0 Å². The normalized spacial score (nSPS) is 24.4. The van der Waals surface area contributed by atoms with E-state index in [0.717, 1.165) is 26.2 Å². The molecule has 2 saturated heterocycles. The summed E-state index contributed by atoms with van der Waals surface area (Å²) in [6.45, 7) is 9.75. The van der Waals surface area contributed by atoms with Crippen LogP contribution in [0.4, 0.5) is 0 Å². The summed E-state index contributed by atoms with van der Waals surface area (Å²) in [5.74, 6) is 0.572. The van der Waals surface area contributed by atoms with Crippen LogP contribution in [0.25, 0.3) is 0 Å². The third-order valence-electron chi connectivity index (χ3n) is 4.17. The van der Waals surface area contributed by atoms with Crippen molar-refractivity contribution in [1.29, 1.82) is 0 Å². The molecular weight excluding hydrogens is 341 g/mol. The molecule has 1 atom stereocenters. The zero-order valence-corrected chi connectivity index (χ0v) is 15.7. The van der Waals surface area contributed by atoms with Crippen molar-refractivity contribution in [3.8, 4) is 0 Å². The average Bonchev–Trinajstić information content (AvgIpc) is 2.45. The van der Waals surface area contributed by atoms with Crippen molar-refractivity contribution in [2.75, 3.05) is 46.0 Å². The monoisotopic (exact) mass is 371 g/mol. The Balaban J connectivity index is 0.00000242. The summed E-state index contributed by atoms with van der Waals surface area (Å²) in [6.07, 6.45) is 1.23. The van der Waals surface area contributed by atoms with E-state index in [2.05, 4.69) is 24.1 Å². The molecular formula is C15H31Cl2N3O3. The number of halogens is 2. The molecule has 1 amide bonds. The van der Waals surface area contributed by atoms with Crippen LogP contribution in [0, 0.1) is 5.92 Å². The lowest BCUT2D eigenvalue weighted by Gasteiger charge is -2.35. The predicted molar refractivity (Wildman–Crippen MR) is 95.5 cm³/mol. The van der Waals surface area contributed by atoms with Crippen molar-refractivity contribution < 1.29 is 14.3 Å². The number of nitrogens with two attached hydrogens (primary N) is 1. The number of carbonyl (C=O) groups is 1. The molecule has 0 aromatic carbocycles. The lowest BCUT2D eigenvalue weighted by atomic mass is 9.90. The third-order valence-corrected chi connectivity index (χ3v) is 4.17. The fourth-order valence-electron chi connectivity index (χ4n) is 2.93. The van der Waals surface area contributed by atoms with Gasteiger partial charge >= 0.3 is 0 Å². The molecule has 2 heterocycles. The molecule has 8 heteroatoms. The summed E-state index contributed by atoms with van der Waals surface area (Å²) in [6, 6.07) is 0. The van der Waals surface area contributed by atoms with E-state index in [9.17, 15) is 4.79 Å². The van der Waals surface area contributed by atoms with Crippen LogP contribution in [0.1, 0.15) is 26.7 Å². The zero-order chi connectivity index (χ0) is 15.3. The quantitative estimate of drug-likeness (QED) is 0.747. The van der Waals surface area contributed by atoms with Crippen LogP contribution in [0.5, 0.6) is 0 Å². The first kappa shape index (κ1) is 22.9. The number of morpholine rings is 1. The molecule has 6 nitrogen and oxygen atoms in total. The van der Waals surface area contributed by atoms with Gasteiger partial charge in [-0.15, -0.1) is 24.8 Å². The van der Waals surface area contributed by atoms with E-state index in [1.54, 1.807) is 0 Å². The molecule has 0 radical (unpaired) electrons. The molecule has 0 aliphatic carbocycles. The minimum Gasteiger partial charge on any atom is -0.381 e. The first-order valence-electron chi connectivity index (χ1n) is 7.98. The first-order valence-corrected chi connectivity index (χ1v) is 7.98. The molecule has 138 valence electrons. The van der Waals surface area contributed by atoms with Crippen LogP contribution >= 0.6 is 24.8 Å². The first-order chi connectivity index (χ1) is 9.99. The Labute approximate surface area is 151 Å². The molecule has 2 aliphatic rings. The highest BCUT2D eigenvalue weighted by Crippen LogP contribution is 2.17. The van der Waals surface area contributed by atoms with Crippen LogP contribution in [-0.2, 0) is 14.3 Å². The average molecular weight is 372 g/mol. The van der Waals surface area contributed by atoms with Crippen molar-refractivity contribution >= 4 is 30.7 Å². The van der Waals surface area contributed by atoms with Crippen molar-refractivity contribution in [1.82, 2.24) is 10.2 Å². The van der Waals surface area contributed by atoms with E-state index in [-0.39, 0.29) is 36.8 Å². The maximum Gasteiger partial charge on any atom is 0.240 e. The third kappa shape index (κ3) is 7.11.